The van der Waals surface area contributed by atoms with E-state index < -0.39 is 5.97 Å². The molecule has 2 amide bonds. The predicted molar refractivity (Wildman–Crippen MR) is 136 cm³/mol. The normalized spacial score (nSPS) is 18.6. The topological polar surface area (TPSA) is 94.2 Å². The summed E-state index contributed by atoms with van der Waals surface area (Å²) in [5.74, 6) is -0.667. The Bertz CT molecular complexity index is 1200. The van der Waals surface area contributed by atoms with E-state index in [4.69, 9.17) is 25.8 Å². The van der Waals surface area contributed by atoms with Crippen molar-refractivity contribution in [2.75, 3.05) is 31.8 Å². The predicted octanol–water partition coefficient (Wildman–Crippen LogP) is 3.89. The van der Waals surface area contributed by atoms with E-state index in [2.05, 4.69) is 5.32 Å². The first-order chi connectivity index (χ1) is 17.4. The Morgan fingerprint density at radius 2 is 1.89 bits per heavy atom. The molecule has 1 fully saturated rings. The third-order valence-electron chi connectivity index (χ3n) is 5.99. The van der Waals surface area contributed by atoms with Gasteiger partial charge in [0.25, 0.3) is 11.8 Å². The number of carbonyl (C=O) groups excluding carboxylic acids is 3. The van der Waals surface area contributed by atoms with Crippen molar-refractivity contribution in [1.29, 1.82) is 0 Å². The molecule has 36 heavy (non-hydrogen) atoms. The van der Waals surface area contributed by atoms with Crippen molar-refractivity contribution in [2.24, 2.45) is 0 Å². The number of halogens is 1. The Kier molecular flexibility index (Phi) is 8.07. The lowest BCUT2D eigenvalue weighted by atomic mass is 10.0. The van der Waals surface area contributed by atoms with Gasteiger partial charge < -0.3 is 19.5 Å². The molecule has 1 N–H and O–H groups in total. The largest absolute Gasteiger partial charge is 0.484 e. The summed E-state index contributed by atoms with van der Waals surface area (Å²) in [6.45, 7) is 2.79. The van der Waals surface area contributed by atoms with Gasteiger partial charge in [0, 0.05) is 29.6 Å². The van der Waals surface area contributed by atoms with Gasteiger partial charge in [-0.05, 0) is 67.8 Å². The van der Waals surface area contributed by atoms with Crippen molar-refractivity contribution in [1.82, 2.24) is 5.32 Å². The molecule has 2 aliphatic heterocycles. The van der Waals surface area contributed by atoms with Gasteiger partial charge in [-0.3, -0.25) is 14.5 Å². The van der Waals surface area contributed by atoms with Crippen molar-refractivity contribution in [3.63, 3.8) is 0 Å². The van der Waals surface area contributed by atoms with Crippen molar-refractivity contribution in [3.05, 3.63) is 76.0 Å². The highest BCUT2D eigenvalue weighted by atomic mass is 35.5. The monoisotopic (exact) mass is 510 g/mol. The number of rotatable bonds is 8. The number of carbonyl (C=O) groups is 3. The second-order valence-corrected chi connectivity index (χ2v) is 8.86. The summed E-state index contributed by atoms with van der Waals surface area (Å²) in [6, 6.07) is 13.7. The van der Waals surface area contributed by atoms with Crippen LogP contribution in [0.25, 0.3) is 6.08 Å². The van der Waals surface area contributed by atoms with Gasteiger partial charge in [-0.25, -0.2) is 4.79 Å². The molecule has 0 aromatic heterocycles. The average molecular weight is 511 g/mol. The molecule has 188 valence electrons. The Morgan fingerprint density at radius 3 is 2.53 bits per heavy atom. The van der Waals surface area contributed by atoms with Gasteiger partial charge in [-0.2, -0.15) is 0 Å². The standard InChI is InChI=1S/C27H27ClN2O6/c1-17-25(27(33)34-2)23(26(32)30(17)20-9-7-19(28)8-10-20)14-18-5-11-21(12-6-18)36-16-24(31)29-15-22-4-3-13-35-22/h5-12,14,22H,3-4,13,15-16H2,1-2H3,(H,29,31)/b23-14-/t22-/m1/s1. The summed E-state index contributed by atoms with van der Waals surface area (Å²) < 4.78 is 16.0. The molecule has 0 bridgehead atoms. The molecule has 9 heteroatoms. The molecule has 2 heterocycles. The first-order valence-electron chi connectivity index (χ1n) is 11.6. The summed E-state index contributed by atoms with van der Waals surface area (Å²) in [6.07, 6.45) is 3.67. The fraction of sp³-hybridized carbons (Fsp3) is 0.296. The highest BCUT2D eigenvalue weighted by Crippen LogP contribution is 2.36. The molecule has 2 aromatic carbocycles. The van der Waals surface area contributed by atoms with Gasteiger partial charge in [0.05, 0.1) is 24.4 Å². The smallest absolute Gasteiger partial charge is 0.340 e. The fourth-order valence-corrected chi connectivity index (χ4v) is 4.27. The van der Waals surface area contributed by atoms with Gasteiger partial charge >= 0.3 is 5.97 Å². The first kappa shape index (κ1) is 25.5. The van der Waals surface area contributed by atoms with Crippen LogP contribution in [0, 0.1) is 0 Å². The first-order valence-corrected chi connectivity index (χ1v) is 12.0. The number of nitrogens with zero attached hydrogens (tertiary/aromatic N) is 1. The molecule has 4 rings (SSSR count). The van der Waals surface area contributed by atoms with Crippen LogP contribution in [0.1, 0.15) is 25.3 Å². The maximum absolute atomic E-state index is 13.3. The molecular formula is C27H27ClN2O6. The Hall–Kier alpha value is -3.62. The Balaban J connectivity index is 1.46. The van der Waals surface area contributed by atoms with Crippen LogP contribution < -0.4 is 15.0 Å². The zero-order valence-corrected chi connectivity index (χ0v) is 20.8. The highest BCUT2D eigenvalue weighted by molar-refractivity contribution is 6.30. The number of benzene rings is 2. The molecule has 1 atom stereocenters. The molecule has 0 saturated carbocycles. The van der Waals surface area contributed by atoms with Crippen LogP contribution in [0.3, 0.4) is 0 Å². The average Bonchev–Trinajstić information content (AvgIpc) is 3.49. The summed E-state index contributed by atoms with van der Waals surface area (Å²) in [5.41, 5.74) is 2.15. The fourth-order valence-electron chi connectivity index (χ4n) is 4.14. The van der Waals surface area contributed by atoms with Crippen LogP contribution in [0.5, 0.6) is 5.75 Å². The Labute approximate surface area is 214 Å². The number of nitrogens with one attached hydrogen (secondary N) is 1. The second-order valence-electron chi connectivity index (χ2n) is 8.42. The van der Waals surface area contributed by atoms with E-state index in [1.165, 1.54) is 12.0 Å². The number of hydrogen-bond donors (Lipinski definition) is 1. The number of allylic oxidation sites excluding steroid dienone is 1. The van der Waals surface area contributed by atoms with Gasteiger partial charge in [0.1, 0.15) is 5.75 Å². The molecule has 2 aromatic rings. The van der Waals surface area contributed by atoms with Gasteiger partial charge in [0.2, 0.25) is 0 Å². The number of methoxy groups -OCH3 is 1. The number of hydrogen-bond acceptors (Lipinski definition) is 6. The zero-order valence-electron chi connectivity index (χ0n) is 20.1. The van der Waals surface area contributed by atoms with Gasteiger partial charge in [-0.1, -0.05) is 23.7 Å². The van der Waals surface area contributed by atoms with Crippen molar-refractivity contribution in [3.8, 4) is 5.75 Å². The minimum atomic E-state index is -0.600. The number of anilines is 1. The van der Waals surface area contributed by atoms with E-state index in [0.717, 1.165) is 19.4 Å². The summed E-state index contributed by atoms with van der Waals surface area (Å²) in [4.78, 5) is 39.4. The van der Waals surface area contributed by atoms with Crippen LogP contribution in [0.2, 0.25) is 5.02 Å². The number of esters is 1. The van der Waals surface area contributed by atoms with Crippen molar-refractivity contribution >= 4 is 41.1 Å². The molecule has 2 aliphatic rings. The number of ether oxygens (including phenoxy) is 3. The summed E-state index contributed by atoms with van der Waals surface area (Å²) in [7, 11) is 1.28. The minimum absolute atomic E-state index is 0.0720. The van der Waals surface area contributed by atoms with Crippen LogP contribution in [-0.4, -0.2) is 50.8 Å². The van der Waals surface area contributed by atoms with Gasteiger partial charge in [-0.15, -0.1) is 0 Å². The molecule has 0 unspecified atom stereocenters. The molecule has 8 nitrogen and oxygen atoms in total. The lowest BCUT2D eigenvalue weighted by Crippen LogP contribution is -2.35. The van der Waals surface area contributed by atoms with Crippen LogP contribution in [0.15, 0.2) is 65.4 Å². The maximum Gasteiger partial charge on any atom is 0.340 e. The van der Waals surface area contributed by atoms with Crippen LogP contribution in [0.4, 0.5) is 5.69 Å². The molecular weight excluding hydrogens is 484 g/mol. The maximum atomic E-state index is 13.3. The van der Waals surface area contributed by atoms with Crippen molar-refractivity contribution < 1.29 is 28.6 Å². The quantitative estimate of drug-likeness (QED) is 0.428. The summed E-state index contributed by atoms with van der Waals surface area (Å²) in [5, 5.41) is 3.35. The van der Waals surface area contributed by atoms with E-state index in [1.54, 1.807) is 61.5 Å². The van der Waals surface area contributed by atoms with Gasteiger partial charge in [0.15, 0.2) is 6.61 Å². The zero-order chi connectivity index (χ0) is 25.7. The van der Waals surface area contributed by atoms with E-state index in [1.807, 2.05) is 0 Å². The van der Waals surface area contributed by atoms with E-state index in [0.29, 0.717) is 34.3 Å². The van der Waals surface area contributed by atoms with E-state index >= 15 is 0 Å². The molecule has 1 saturated heterocycles. The number of amides is 2. The van der Waals surface area contributed by atoms with Crippen molar-refractivity contribution in [2.45, 2.75) is 25.9 Å². The summed E-state index contributed by atoms with van der Waals surface area (Å²) >= 11 is 5.99. The van der Waals surface area contributed by atoms with E-state index in [-0.39, 0.29) is 35.7 Å². The molecule has 0 spiro atoms. The Morgan fingerprint density at radius 1 is 1.17 bits per heavy atom. The lowest BCUT2D eigenvalue weighted by Gasteiger charge is -2.17. The van der Waals surface area contributed by atoms with E-state index in [9.17, 15) is 14.4 Å². The minimum Gasteiger partial charge on any atom is -0.484 e. The highest BCUT2D eigenvalue weighted by Gasteiger charge is 2.37. The third-order valence-corrected chi connectivity index (χ3v) is 6.24. The molecule has 0 aliphatic carbocycles. The molecule has 0 radical (unpaired) electrons. The third kappa shape index (κ3) is 5.78. The van der Waals surface area contributed by atoms with Crippen LogP contribution >= 0.6 is 11.6 Å². The van der Waals surface area contributed by atoms with Crippen LogP contribution in [-0.2, 0) is 23.9 Å². The SMILES string of the molecule is COC(=O)C1=C(C)N(c2ccc(Cl)cc2)C(=O)/C1=C\c1ccc(OCC(=O)NC[C@H]2CCCO2)cc1. The lowest BCUT2D eigenvalue weighted by molar-refractivity contribution is -0.136. The second kappa shape index (κ2) is 11.4.